The van der Waals surface area contributed by atoms with E-state index >= 15 is 0 Å². The van der Waals surface area contributed by atoms with Gasteiger partial charge in [0.05, 0.1) is 19.6 Å². The molecule has 0 heterocycles. The topological polar surface area (TPSA) is 94.1 Å². The predicted octanol–water partition coefficient (Wildman–Crippen LogP) is 2.99. The van der Waals surface area contributed by atoms with Crippen LogP contribution in [0.1, 0.15) is 123 Å². The molecule has 0 aliphatic carbocycles. The van der Waals surface area contributed by atoms with Gasteiger partial charge in [0.1, 0.15) is 5.25 Å². The van der Waals surface area contributed by atoms with Crippen LogP contribution in [-0.4, -0.2) is 30.4 Å². The Bertz CT molecular complexity index is 441. The Labute approximate surface area is 227 Å². The molecule has 0 N–H and O–H groups in total. The van der Waals surface area contributed by atoms with Crippen molar-refractivity contribution in [1.82, 2.24) is 0 Å². The molecule has 0 radical (unpaired) electrons. The van der Waals surface area contributed by atoms with Gasteiger partial charge in [-0.15, -0.1) is 0 Å². The number of esters is 2. The SMILES string of the molecule is CCCCCCCCCCCCOC(=O)CC(SOO[O-])C(=O)OCCCCCCCC.[Na+]. The second-order valence-electron chi connectivity index (χ2n) is 8.26. The van der Waals surface area contributed by atoms with Gasteiger partial charge in [0.25, 0.3) is 0 Å². The molecule has 190 valence electrons. The maximum Gasteiger partial charge on any atom is 1.00 e. The van der Waals surface area contributed by atoms with E-state index in [1.807, 2.05) is 0 Å². The fourth-order valence-corrected chi connectivity index (χ4v) is 3.83. The van der Waals surface area contributed by atoms with Crippen LogP contribution in [0, 0.1) is 0 Å². The fraction of sp³-hybridized carbons (Fsp3) is 0.917. The van der Waals surface area contributed by atoms with Gasteiger partial charge in [0.2, 0.25) is 0 Å². The molecule has 1 atom stereocenters. The molecule has 33 heavy (non-hydrogen) atoms. The third-order valence-corrected chi connectivity index (χ3v) is 6.03. The van der Waals surface area contributed by atoms with Crippen LogP contribution in [0.2, 0.25) is 0 Å². The number of unbranched alkanes of at least 4 members (excludes halogenated alkanes) is 14. The molecular formula is C24H45NaO7S. The van der Waals surface area contributed by atoms with Crippen molar-refractivity contribution >= 4 is 24.0 Å². The zero-order chi connectivity index (χ0) is 23.7. The quantitative estimate of drug-likeness (QED) is 0.0499. The number of ether oxygens (including phenoxy) is 2. The summed E-state index contributed by atoms with van der Waals surface area (Å²) in [5.41, 5.74) is 0. The summed E-state index contributed by atoms with van der Waals surface area (Å²) in [6.45, 7) is 5.01. The summed E-state index contributed by atoms with van der Waals surface area (Å²) in [5, 5.41) is 12.4. The minimum Gasteiger partial charge on any atom is -0.691 e. The second kappa shape index (κ2) is 28.4. The van der Waals surface area contributed by atoms with Crippen LogP contribution in [0.15, 0.2) is 0 Å². The van der Waals surface area contributed by atoms with Crippen molar-refractivity contribution in [3.05, 3.63) is 0 Å². The minimum absolute atomic E-state index is 0. The molecule has 0 bridgehead atoms. The van der Waals surface area contributed by atoms with Gasteiger partial charge in [-0.1, -0.05) is 104 Å². The third kappa shape index (κ3) is 25.1. The van der Waals surface area contributed by atoms with E-state index in [4.69, 9.17) is 9.47 Å². The van der Waals surface area contributed by atoms with E-state index in [9.17, 15) is 14.8 Å². The van der Waals surface area contributed by atoms with Crippen molar-refractivity contribution in [2.45, 2.75) is 128 Å². The van der Waals surface area contributed by atoms with Crippen LogP contribution in [0.5, 0.6) is 0 Å². The Hall–Kier alpha value is 0.170. The van der Waals surface area contributed by atoms with E-state index < -0.39 is 17.2 Å². The summed E-state index contributed by atoms with van der Waals surface area (Å²) in [6.07, 6.45) is 18.3. The maximum atomic E-state index is 12.2. The summed E-state index contributed by atoms with van der Waals surface area (Å²) >= 11 is 0.482. The van der Waals surface area contributed by atoms with Crippen LogP contribution in [0.4, 0.5) is 0 Å². The molecule has 0 aromatic carbocycles. The Morgan fingerprint density at radius 3 is 1.58 bits per heavy atom. The predicted molar refractivity (Wildman–Crippen MR) is 125 cm³/mol. The summed E-state index contributed by atoms with van der Waals surface area (Å²) in [6, 6.07) is 0. The summed E-state index contributed by atoms with van der Waals surface area (Å²) in [5.74, 6) is -1.11. The number of carbonyl (C=O) groups excluding carboxylic acids is 2. The summed E-state index contributed by atoms with van der Waals surface area (Å²) < 4.78 is 14.7. The molecule has 0 rings (SSSR count). The van der Waals surface area contributed by atoms with E-state index in [1.165, 1.54) is 64.2 Å². The zero-order valence-corrected chi connectivity index (χ0v) is 24.1. The molecule has 9 heteroatoms. The monoisotopic (exact) mass is 500 g/mol. The van der Waals surface area contributed by atoms with Gasteiger partial charge in [0.15, 0.2) is 0 Å². The Kier molecular flexibility index (Phi) is 30.4. The molecule has 0 saturated carbocycles. The Balaban J connectivity index is 0. The average Bonchev–Trinajstić information content (AvgIpc) is 2.79. The molecule has 0 aliphatic rings. The molecule has 7 nitrogen and oxygen atoms in total. The molecule has 0 fully saturated rings. The number of hydrogen-bond acceptors (Lipinski definition) is 8. The van der Waals surface area contributed by atoms with Crippen molar-refractivity contribution in [2.24, 2.45) is 0 Å². The largest absolute Gasteiger partial charge is 1.00 e. The van der Waals surface area contributed by atoms with Crippen molar-refractivity contribution < 1.29 is 63.2 Å². The smallest absolute Gasteiger partial charge is 0.691 e. The van der Waals surface area contributed by atoms with Crippen LogP contribution < -0.4 is 34.8 Å². The van der Waals surface area contributed by atoms with Gasteiger partial charge >= 0.3 is 41.5 Å². The molecule has 1 unspecified atom stereocenters. The van der Waals surface area contributed by atoms with Gasteiger partial charge in [-0.2, -0.15) is 4.33 Å². The third-order valence-electron chi connectivity index (χ3n) is 5.30. The van der Waals surface area contributed by atoms with Gasteiger partial charge in [0, 0.05) is 12.0 Å². The molecule has 0 aromatic heterocycles. The number of carbonyl (C=O) groups is 2. The van der Waals surface area contributed by atoms with Gasteiger partial charge in [-0.05, 0) is 12.8 Å². The zero-order valence-electron chi connectivity index (χ0n) is 21.3. The van der Waals surface area contributed by atoms with Crippen LogP contribution in [0.25, 0.3) is 0 Å². The summed E-state index contributed by atoms with van der Waals surface area (Å²) in [4.78, 5) is 24.2. The molecule has 0 aromatic rings. The average molecular weight is 501 g/mol. The van der Waals surface area contributed by atoms with E-state index in [-0.39, 0.29) is 42.6 Å². The number of rotatable bonds is 24. The van der Waals surface area contributed by atoms with Crippen LogP contribution >= 0.6 is 12.0 Å². The summed E-state index contributed by atoms with van der Waals surface area (Å²) in [7, 11) is 0. The van der Waals surface area contributed by atoms with Gasteiger partial charge in [-0.25, -0.2) is 0 Å². The van der Waals surface area contributed by atoms with Crippen molar-refractivity contribution in [3.63, 3.8) is 0 Å². The first-order valence-electron chi connectivity index (χ1n) is 12.6. The van der Waals surface area contributed by atoms with E-state index in [0.29, 0.717) is 18.6 Å². The molecule has 0 saturated heterocycles. The molecule has 0 amide bonds. The Morgan fingerprint density at radius 2 is 1.12 bits per heavy atom. The first-order valence-corrected chi connectivity index (χ1v) is 13.4. The van der Waals surface area contributed by atoms with Crippen molar-refractivity contribution in [3.8, 4) is 0 Å². The van der Waals surface area contributed by atoms with E-state index in [1.54, 1.807) is 0 Å². The minimum atomic E-state index is -0.982. The normalized spacial score (nSPS) is 11.6. The maximum absolute atomic E-state index is 12.2. The van der Waals surface area contributed by atoms with Crippen LogP contribution in [-0.2, 0) is 28.4 Å². The van der Waals surface area contributed by atoms with Crippen LogP contribution in [0.3, 0.4) is 0 Å². The molecule has 0 aliphatic heterocycles. The molecule has 0 spiro atoms. The standard InChI is InChI=1S/C24H46O7S.Na/c1-3-5-7-9-11-12-13-14-16-17-19-28-23(25)21-22(32-31-30-27)24(26)29-20-18-15-10-8-6-4-2;/h22,27H,3-21H2,1-2H3;/q;+1/p-1. The van der Waals surface area contributed by atoms with E-state index in [2.05, 4.69) is 23.2 Å². The molecular weight excluding hydrogens is 455 g/mol. The van der Waals surface area contributed by atoms with Crippen molar-refractivity contribution in [1.29, 1.82) is 0 Å². The van der Waals surface area contributed by atoms with E-state index in [0.717, 1.165) is 38.5 Å². The fourth-order valence-electron chi connectivity index (χ4n) is 3.35. The first-order chi connectivity index (χ1) is 15.7. The number of hydrogen-bond donors (Lipinski definition) is 0. The van der Waals surface area contributed by atoms with Crippen molar-refractivity contribution in [2.75, 3.05) is 13.2 Å². The first kappa shape index (κ1) is 35.3. The second-order valence-corrected chi connectivity index (χ2v) is 9.16. The van der Waals surface area contributed by atoms with Gasteiger partial charge in [-0.3, -0.25) is 14.6 Å². The Morgan fingerprint density at radius 1 is 0.697 bits per heavy atom. The van der Waals surface area contributed by atoms with Gasteiger partial charge < -0.3 is 14.7 Å².